The molecule has 4 nitrogen and oxygen atoms in total. The van der Waals surface area contributed by atoms with Crippen LogP contribution in [0.15, 0.2) is 18.2 Å². The third-order valence-corrected chi connectivity index (χ3v) is 7.75. The largest absolute Gasteiger partial charge is 0.300 e. The van der Waals surface area contributed by atoms with Gasteiger partial charge in [-0.1, -0.05) is 34.5 Å². The summed E-state index contributed by atoms with van der Waals surface area (Å²) in [5, 5.41) is 13.8. The molecule has 0 spiro atoms. The van der Waals surface area contributed by atoms with Crippen LogP contribution in [0.1, 0.15) is 38.5 Å². The summed E-state index contributed by atoms with van der Waals surface area (Å²) in [7, 11) is 0. The summed E-state index contributed by atoms with van der Waals surface area (Å²) < 4.78 is 0. The van der Waals surface area contributed by atoms with Crippen LogP contribution in [0, 0.1) is 23.2 Å². The third kappa shape index (κ3) is 2.85. The zero-order chi connectivity index (χ0) is 17.9. The summed E-state index contributed by atoms with van der Waals surface area (Å²) in [5.41, 5.74) is 0.599. The number of nitrogens with one attached hydrogen (secondary N) is 1. The van der Waals surface area contributed by atoms with E-state index < -0.39 is 0 Å². The highest BCUT2D eigenvalue weighted by molar-refractivity contribution is 7.18. The van der Waals surface area contributed by atoms with E-state index in [4.69, 9.17) is 23.2 Å². The lowest BCUT2D eigenvalue weighted by Crippen LogP contribution is -2.51. The summed E-state index contributed by atoms with van der Waals surface area (Å²) in [6, 6.07) is 5.29. The van der Waals surface area contributed by atoms with Gasteiger partial charge in [0.1, 0.15) is 0 Å². The van der Waals surface area contributed by atoms with Crippen LogP contribution in [0.2, 0.25) is 10.0 Å². The van der Waals surface area contributed by atoms with E-state index in [1.807, 2.05) is 6.07 Å². The maximum Gasteiger partial charge on any atom is 0.232 e. The van der Waals surface area contributed by atoms with Crippen LogP contribution in [0.25, 0.3) is 10.6 Å². The Morgan fingerprint density at radius 1 is 1.08 bits per heavy atom. The van der Waals surface area contributed by atoms with Crippen LogP contribution in [-0.4, -0.2) is 16.1 Å². The fraction of sp³-hybridized carbons (Fsp3) is 0.526. The number of hydrogen-bond donors (Lipinski definition) is 1. The Morgan fingerprint density at radius 3 is 2.35 bits per heavy atom. The van der Waals surface area contributed by atoms with Crippen molar-refractivity contribution in [3.05, 3.63) is 28.2 Å². The number of carbonyl (C=O) groups excluding carboxylic acids is 1. The van der Waals surface area contributed by atoms with Gasteiger partial charge in [0, 0.05) is 10.6 Å². The monoisotopic (exact) mass is 407 g/mol. The van der Waals surface area contributed by atoms with Crippen molar-refractivity contribution in [2.45, 2.75) is 38.5 Å². The van der Waals surface area contributed by atoms with Crippen molar-refractivity contribution in [1.82, 2.24) is 10.2 Å². The lowest BCUT2D eigenvalue weighted by atomic mass is 9.49. The highest BCUT2D eigenvalue weighted by Gasteiger charge is 2.54. The van der Waals surface area contributed by atoms with Gasteiger partial charge in [0.25, 0.3) is 0 Å². The van der Waals surface area contributed by atoms with Crippen molar-refractivity contribution in [3.8, 4) is 10.6 Å². The lowest BCUT2D eigenvalue weighted by molar-refractivity contribution is -0.140. The quantitative estimate of drug-likeness (QED) is 0.712. The first-order valence-corrected chi connectivity index (χ1v) is 10.7. The molecule has 1 aromatic heterocycles. The molecule has 7 heteroatoms. The second kappa shape index (κ2) is 6.18. The van der Waals surface area contributed by atoms with E-state index >= 15 is 0 Å². The van der Waals surface area contributed by atoms with Gasteiger partial charge in [0.15, 0.2) is 5.01 Å². The number of carbonyl (C=O) groups is 1. The molecule has 1 heterocycles. The molecule has 4 saturated carbocycles. The smallest absolute Gasteiger partial charge is 0.232 e. The summed E-state index contributed by atoms with van der Waals surface area (Å²) in [6.45, 7) is 0. The van der Waals surface area contributed by atoms with Gasteiger partial charge in [-0.15, -0.1) is 10.2 Å². The number of rotatable bonds is 3. The Kier molecular flexibility index (Phi) is 4.03. The molecule has 0 saturated heterocycles. The van der Waals surface area contributed by atoms with E-state index in [9.17, 15) is 4.79 Å². The molecule has 0 atom stereocenters. The normalized spacial score (nSPS) is 32.0. The van der Waals surface area contributed by atoms with Crippen molar-refractivity contribution in [2.75, 3.05) is 5.32 Å². The van der Waals surface area contributed by atoms with Gasteiger partial charge >= 0.3 is 0 Å². The van der Waals surface area contributed by atoms with E-state index in [1.54, 1.807) is 12.1 Å². The minimum Gasteiger partial charge on any atom is -0.300 e. The van der Waals surface area contributed by atoms with E-state index in [-0.39, 0.29) is 11.3 Å². The minimum atomic E-state index is -0.182. The zero-order valence-corrected chi connectivity index (χ0v) is 16.5. The van der Waals surface area contributed by atoms with Gasteiger partial charge in [-0.25, -0.2) is 0 Å². The van der Waals surface area contributed by atoms with Crippen molar-refractivity contribution in [3.63, 3.8) is 0 Å². The highest BCUT2D eigenvalue weighted by Crippen LogP contribution is 2.60. The van der Waals surface area contributed by atoms with Crippen molar-refractivity contribution < 1.29 is 4.79 Å². The Balaban J connectivity index is 1.36. The fourth-order valence-electron chi connectivity index (χ4n) is 5.66. The second-order valence-corrected chi connectivity index (χ2v) is 10.0. The predicted molar refractivity (Wildman–Crippen MR) is 105 cm³/mol. The van der Waals surface area contributed by atoms with Crippen LogP contribution >= 0.6 is 34.5 Å². The van der Waals surface area contributed by atoms with Gasteiger partial charge in [-0.3, -0.25) is 4.79 Å². The minimum absolute atomic E-state index is 0.140. The average molecular weight is 408 g/mol. The molecule has 1 aromatic carbocycles. The van der Waals surface area contributed by atoms with Gasteiger partial charge in [-0.2, -0.15) is 0 Å². The molecular weight excluding hydrogens is 389 g/mol. The number of aromatic nitrogens is 2. The Morgan fingerprint density at radius 2 is 1.73 bits per heavy atom. The maximum absolute atomic E-state index is 13.1. The van der Waals surface area contributed by atoms with Crippen LogP contribution in [0.5, 0.6) is 0 Å². The second-order valence-electron chi connectivity index (χ2n) is 8.19. The molecule has 0 unspecified atom stereocenters. The molecule has 4 fully saturated rings. The Hall–Kier alpha value is -1.17. The van der Waals surface area contributed by atoms with Gasteiger partial charge in [-0.05, 0) is 74.5 Å². The molecular formula is C19H19Cl2N3OS. The first kappa shape index (κ1) is 17.0. The number of halogens is 2. The molecule has 4 aliphatic rings. The van der Waals surface area contributed by atoms with E-state index in [1.165, 1.54) is 30.6 Å². The summed E-state index contributed by atoms with van der Waals surface area (Å²) in [4.78, 5) is 13.1. The van der Waals surface area contributed by atoms with Gasteiger partial charge in [0.05, 0.1) is 10.4 Å². The third-order valence-electron chi connectivity index (χ3n) is 6.33. The van der Waals surface area contributed by atoms with E-state index in [2.05, 4.69) is 15.5 Å². The fourth-order valence-corrected chi connectivity index (χ4v) is 7.00. The standard InChI is InChI=1S/C19H19Cl2N3OS/c20-13-1-2-14(15(21)6-13)16-23-24-18(26-16)22-17(25)19-7-10-3-11(8-19)5-12(4-10)9-19/h1-2,6,10-12H,3-5,7-9H2,(H,22,24,25). The summed E-state index contributed by atoms with van der Waals surface area (Å²) in [5.74, 6) is 2.36. The molecule has 26 heavy (non-hydrogen) atoms. The van der Waals surface area contributed by atoms with Crippen molar-refractivity contribution in [2.24, 2.45) is 23.2 Å². The number of benzene rings is 1. The molecule has 0 aliphatic heterocycles. The lowest BCUT2D eigenvalue weighted by Gasteiger charge is -2.55. The van der Waals surface area contributed by atoms with Crippen LogP contribution in [-0.2, 0) is 4.79 Å². The number of amides is 1. The molecule has 1 amide bonds. The number of nitrogens with zero attached hydrogens (tertiary/aromatic N) is 2. The molecule has 0 radical (unpaired) electrons. The van der Waals surface area contributed by atoms with E-state index in [0.717, 1.165) is 42.6 Å². The molecule has 2 aromatic rings. The Bertz CT molecular complexity index is 846. The van der Waals surface area contributed by atoms with E-state index in [0.29, 0.717) is 20.2 Å². The molecule has 4 aliphatic carbocycles. The zero-order valence-electron chi connectivity index (χ0n) is 14.2. The Labute approximate surface area is 166 Å². The van der Waals surface area contributed by atoms with Crippen LogP contribution in [0.4, 0.5) is 5.13 Å². The summed E-state index contributed by atoms with van der Waals surface area (Å²) >= 11 is 13.6. The first-order valence-electron chi connectivity index (χ1n) is 9.11. The van der Waals surface area contributed by atoms with Crippen molar-refractivity contribution in [1.29, 1.82) is 0 Å². The van der Waals surface area contributed by atoms with Gasteiger partial charge in [0.2, 0.25) is 11.0 Å². The number of anilines is 1. The van der Waals surface area contributed by atoms with Crippen LogP contribution < -0.4 is 5.32 Å². The predicted octanol–water partition coefficient (Wildman–Crippen LogP) is 5.67. The van der Waals surface area contributed by atoms with Crippen molar-refractivity contribution >= 4 is 45.6 Å². The molecule has 4 bridgehead atoms. The maximum atomic E-state index is 13.1. The first-order chi connectivity index (χ1) is 12.5. The average Bonchev–Trinajstić information content (AvgIpc) is 3.01. The topological polar surface area (TPSA) is 54.9 Å². The van der Waals surface area contributed by atoms with Gasteiger partial charge < -0.3 is 5.32 Å². The summed E-state index contributed by atoms with van der Waals surface area (Å²) in [6.07, 6.45) is 7.10. The highest BCUT2D eigenvalue weighted by atomic mass is 35.5. The SMILES string of the molecule is O=C(Nc1nnc(-c2ccc(Cl)cc2Cl)s1)C12CC3CC(CC(C3)C1)C2. The molecule has 1 N–H and O–H groups in total. The van der Waals surface area contributed by atoms with Crippen LogP contribution in [0.3, 0.4) is 0 Å². The number of hydrogen-bond acceptors (Lipinski definition) is 4. The molecule has 6 rings (SSSR count). The molecule has 136 valence electrons.